The Morgan fingerprint density at radius 2 is 2.14 bits per heavy atom. The van der Waals surface area contributed by atoms with E-state index in [0.717, 1.165) is 54.9 Å². The molecule has 1 atom stereocenters. The third-order valence-corrected chi connectivity index (χ3v) is 5.51. The van der Waals surface area contributed by atoms with Crippen LogP contribution >= 0.6 is 0 Å². The maximum atomic E-state index is 13.2. The van der Waals surface area contributed by atoms with Gasteiger partial charge in [0.2, 0.25) is 5.78 Å². The molecule has 4 heterocycles. The number of fused-ring (bicyclic) bond motifs is 2. The highest BCUT2D eigenvalue weighted by molar-refractivity contribution is 5.94. The number of H-pyrrole nitrogens is 1. The Kier molecular flexibility index (Phi) is 4.07. The molecule has 142 valence electrons. The van der Waals surface area contributed by atoms with Gasteiger partial charge in [-0.1, -0.05) is 12.1 Å². The van der Waals surface area contributed by atoms with Crippen LogP contribution < -0.4 is 0 Å². The van der Waals surface area contributed by atoms with Crippen molar-refractivity contribution < 1.29 is 4.79 Å². The Hall–Kier alpha value is -3.22. The molecule has 4 aromatic rings. The minimum absolute atomic E-state index is 0.0345. The minimum Gasteiger partial charge on any atom is -0.342 e. The summed E-state index contributed by atoms with van der Waals surface area (Å²) >= 11 is 0. The molecular weight excluding hydrogens is 352 g/mol. The van der Waals surface area contributed by atoms with E-state index in [-0.39, 0.29) is 5.91 Å². The fourth-order valence-electron chi connectivity index (χ4n) is 4.20. The van der Waals surface area contributed by atoms with Crippen LogP contribution in [0.4, 0.5) is 0 Å². The Morgan fingerprint density at radius 3 is 3.04 bits per heavy atom. The van der Waals surface area contributed by atoms with Gasteiger partial charge in [-0.2, -0.15) is 0 Å². The smallest absolute Gasteiger partial charge is 0.272 e. The van der Waals surface area contributed by atoms with Crippen molar-refractivity contribution in [2.24, 2.45) is 5.92 Å². The van der Waals surface area contributed by atoms with Gasteiger partial charge in [0, 0.05) is 31.9 Å². The summed E-state index contributed by atoms with van der Waals surface area (Å²) in [5.74, 6) is 2.00. The van der Waals surface area contributed by atoms with Gasteiger partial charge in [0.05, 0.1) is 16.7 Å². The fourth-order valence-corrected chi connectivity index (χ4v) is 4.20. The predicted octanol–water partition coefficient (Wildman–Crippen LogP) is 3.01. The first-order valence-corrected chi connectivity index (χ1v) is 9.71. The van der Waals surface area contributed by atoms with Crippen LogP contribution in [-0.2, 0) is 6.42 Å². The Bertz CT molecular complexity index is 1130. The lowest BCUT2D eigenvalue weighted by Crippen LogP contribution is -2.41. The zero-order valence-corrected chi connectivity index (χ0v) is 15.8. The first-order chi connectivity index (χ1) is 13.7. The highest BCUT2D eigenvalue weighted by Crippen LogP contribution is 2.23. The van der Waals surface area contributed by atoms with Crippen molar-refractivity contribution in [2.75, 3.05) is 13.1 Å². The largest absolute Gasteiger partial charge is 0.342 e. The average Bonchev–Trinajstić information content (AvgIpc) is 3.26. The number of carbonyl (C=O) groups excluding carboxylic acids is 1. The number of nitrogens with zero attached hydrogens (tertiary/aromatic N) is 5. The lowest BCUT2D eigenvalue weighted by Gasteiger charge is -2.32. The van der Waals surface area contributed by atoms with Crippen molar-refractivity contribution in [3.05, 3.63) is 59.9 Å². The van der Waals surface area contributed by atoms with Gasteiger partial charge >= 0.3 is 0 Å². The summed E-state index contributed by atoms with van der Waals surface area (Å²) in [6, 6.07) is 9.91. The number of aromatic nitrogens is 5. The van der Waals surface area contributed by atoms with E-state index in [1.807, 2.05) is 48.4 Å². The van der Waals surface area contributed by atoms with Crippen LogP contribution in [0.5, 0.6) is 0 Å². The summed E-state index contributed by atoms with van der Waals surface area (Å²) in [4.78, 5) is 32.0. The number of hydrogen-bond acceptors (Lipinski definition) is 4. The summed E-state index contributed by atoms with van der Waals surface area (Å²) in [6.07, 6.45) is 6.51. The van der Waals surface area contributed by atoms with Crippen LogP contribution in [0.15, 0.2) is 42.7 Å². The molecule has 0 spiro atoms. The van der Waals surface area contributed by atoms with Gasteiger partial charge in [-0.15, -0.1) is 0 Å². The summed E-state index contributed by atoms with van der Waals surface area (Å²) < 4.78 is 1.79. The van der Waals surface area contributed by atoms with Gasteiger partial charge in [0.1, 0.15) is 11.5 Å². The molecule has 7 nitrogen and oxygen atoms in total. The molecular formula is C21H22N6O. The van der Waals surface area contributed by atoms with Crippen molar-refractivity contribution in [2.45, 2.75) is 26.2 Å². The van der Waals surface area contributed by atoms with Crippen LogP contribution in [0, 0.1) is 12.8 Å². The van der Waals surface area contributed by atoms with E-state index in [1.54, 1.807) is 10.6 Å². The van der Waals surface area contributed by atoms with E-state index in [4.69, 9.17) is 4.98 Å². The third-order valence-electron chi connectivity index (χ3n) is 5.51. The maximum Gasteiger partial charge on any atom is 0.272 e. The van der Waals surface area contributed by atoms with Crippen molar-refractivity contribution in [3.8, 4) is 0 Å². The zero-order valence-electron chi connectivity index (χ0n) is 15.8. The van der Waals surface area contributed by atoms with E-state index < -0.39 is 0 Å². The van der Waals surface area contributed by atoms with E-state index in [2.05, 4.69) is 15.0 Å². The monoisotopic (exact) mass is 374 g/mol. The second-order valence-electron chi connectivity index (χ2n) is 7.50. The molecule has 0 unspecified atom stereocenters. The van der Waals surface area contributed by atoms with E-state index in [0.29, 0.717) is 17.4 Å². The molecule has 1 saturated heterocycles. The van der Waals surface area contributed by atoms with Gasteiger partial charge < -0.3 is 9.88 Å². The second-order valence-corrected chi connectivity index (χ2v) is 7.50. The quantitative estimate of drug-likeness (QED) is 0.598. The number of para-hydroxylation sites is 2. The maximum absolute atomic E-state index is 13.2. The molecule has 1 amide bonds. The first kappa shape index (κ1) is 16.9. The molecule has 28 heavy (non-hydrogen) atoms. The summed E-state index contributed by atoms with van der Waals surface area (Å²) in [5.41, 5.74) is 3.40. The average molecular weight is 374 g/mol. The lowest BCUT2D eigenvalue weighted by atomic mass is 9.94. The number of rotatable bonds is 3. The second kappa shape index (κ2) is 6.74. The number of nitrogens with one attached hydrogen (secondary N) is 1. The number of benzene rings is 1. The lowest BCUT2D eigenvalue weighted by molar-refractivity contribution is 0.0664. The summed E-state index contributed by atoms with van der Waals surface area (Å²) in [6.45, 7) is 3.39. The molecule has 1 aliphatic heterocycles. The third kappa shape index (κ3) is 2.93. The molecule has 0 radical (unpaired) electrons. The molecule has 3 aromatic heterocycles. The number of aryl methyl sites for hydroxylation is 1. The number of imidazole rings is 2. The number of piperidine rings is 1. The van der Waals surface area contributed by atoms with Gasteiger partial charge in [-0.3, -0.25) is 9.20 Å². The van der Waals surface area contributed by atoms with Gasteiger partial charge in [-0.25, -0.2) is 15.0 Å². The minimum atomic E-state index is 0.0345. The predicted molar refractivity (Wildman–Crippen MR) is 106 cm³/mol. The molecule has 5 rings (SSSR count). The zero-order chi connectivity index (χ0) is 19.1. The first-order valence-electron chi connectivity index (χ1n) is 9.71. The van der Waals surface area contributed by atoms with Crippen molar-refractivity contribution in [1.29, 1.82) is 0 Å². The number of hydrogen-bond donors (Lipinski definition) is 1. The fraction of sp³-hybridized carbons (Fsp3) is 0.333. The molecule has 1 aromatic carbocycles. The van der Waals surface area contributed by atoms with Crippen molar-refractivity contribution in [1.82, 2.24) is 29.2 Å². The number of aromatic amines is 1. The summed E-state index contributed by atoms with van der Waals surface area (Å²) in [5, 5.41) is 0. The molecule has 1 N–H and O–H groups in total. The van der Waals surface area contributed by atoms with E-state index >= 15 is 0 Å². The molecule has 0 bridgehead atoms. The van der Waals surface area contributed by atoms with Crippen LogP contribution in [0.2, 0.25) is 0 Å². The molecule has 0 saturated carbocycles. The van der Waals surface area contributed by atoms with Crippen molar-refractivity contribution in [3.63, 3.8) is 0 Å². The van der Waals surface area contributed by atoms with Gasteiger partial charge in [0.25, 0.3) is 5.91 Å². The molecule has 1 fully saturated rings. The van der Waals surface area contributed by atoms with Gasteiger partial charge in [0.15, 0.2) is 0 Å². The van der Waals surface area contributed by atoms with Crippen molar-refractivity contribution >= 4 is 22.7 Å². The number of amides is 1. The van der Waals surface area contributed by atoms with E-state index in [9.17, 15) is 4.79 Å². The van der Waals surface area contributed by atoms with Crippen LogP contribution in [0.25, 0.3) is 16.8 Å². The highest BCUT2D eigenvalue weighted by Gasteiger charge is 2.28. The number of carbonyl (C=O) groups is 1. The van der Waals surface area contributed by atoms with Crippen LogP contribution in [-0.4, -0.2) is 48.2 Å². The standard InChI is InChI=1S/C21H22N6O/c1-14-19(27-11-5-9-22-21(27)23-14)20(28)26-10-4-6-15(13-26)12-18-24-16-7-2-3-8-17(16)25-18/h2-3,5,7-9,11,15H,4,6,10,12-13H2,1H3,(H,24,25)/t15-/m1/s1. The number of likely N-dealkylation sites (tertiary alicyclic amines) is 1. The summed E-state index contributed by atoms with van der Waals surface area (Å²) in [7, 11) is 0. The molecule has 0 aliphatic carbocycles. The highest BCUT2D eigenvalue weighted by atomic mass is 16.2. The topological polar surface area (TPSA) is 79.2 Å². The Morgan fingerprint density at radius 1 is 1.25 bits per heavy atom. The normalized spacial score (nSPS) is 17.5. The van der Waals surface area contributed by atoms with Crippen LogP contribution in [0.1, 0.15) is 34.8 Å². The molecule has 7 heteroatoms. The van der Waals surface area contributed by atoms with Gasteiger partial charge in [-0.05, 0) is 43.9 Å². The molecule has 1 aliphatic rings. The Balaban J connectivity index is 1.36. The SMILES string of the molecule is Cc1nc2ncccn2c1C(=O)N1CCC[C@H](Cc2nc3ccccc3[nH]2)C1. The Labute approximate surface area is 162 Å². The van der Waals surface area contributed by atoms with E-state index in [1.165, 1.54) is 0 Å². The van der Waals surface area contributed by atoms with Crippen LogP contribution in [0.3, 0.4) is 0 Å².